The van der Waals surface area contributed by atoms with Crippen LogP contribution in [0.5, 0.6) is 0 Å². The van der Waals surface area contributed by atoms with Gasteiger partial charge in [-0.05, 0) is 65.7 Å². The van der Waals surface area contributed by atoms with Gasteiger partial charge in [-0.1, -0.05) is 127 Å². The van der Waals surface area contributed by atoms with Crippen LogP contribution in [0, 0.1) is 0 Å². The van der Waals surface area contributed by atoms with Crippen molar-refractivity contribution >= 4 is 65.7 Å². The summed E-state index contributed by atoms with van der Waals surface area (Å²) in [6.45, 7) is 0. The Balaban J connectivity index is 1.08. The summed E-state index contributed by atoms with van der Waals surface area (Å²) in [7, 11) is 0. The number of hydrogen-bond donors (Lipinski definition) is 0. The summed E-state index contributed by atoms with van der Waals surface area (Å²) in [6, 6.07) is 62.6. The molecule has 0 N–H and O–H groups in total. The Labute approximate surface area is 325 Å². The van der Waals surface area contributed by atoms with Crippen LogP contribution >= 0.6 is 0 Å². The number of furan rings is 2. The first kappa shape index (κ1) is 31.5. The molecule has 0 atom stereocenters. The molecule has 12 rings (SSSR count). The predicted molar refractivity (Wildman–Crippen MR) is 230 cm³/mol. The number of nitrogens with zero attached hydrogens (tertiary/aromatic N) is 4. The fraction of sp³-hybridized carbons (Fsp3) is 0. The summed E-state index contributed by atoms with van der Waals surface area (Å²) >= 11 is 0. The van der Waals surface area contributed by atoms with Crippen molar-refractivity contribution < 1.29 is 8.83 Å². The minimum absolute atomic E-state index is 0.565. The van der Waals surface area contributed by atoms with Crippen molar-refractivity contribution in [2.24, 2.45) is 0 Å². The minimum atomic E-state index is 0.565. The Morgan fingerprint density at radius 3 is 1.67 bits per heavy atom. The van der Waals surface area contributed by atoms with Crippen LogP contribution in [0.2, 0.25) is 0 Å². The average Bonchev–Trinajstić information content (AvgIpc) is 3.96. The normalized spacial score (nSPS) is 11.9. The van der Waals surface area contributed by atoms with Crippen molar-refractivity contribution in [1.29, 1.82) is 0 Å². The second kappa shape index (κ2) is 12.3. The monoisotopic (exact) mass is 730 g/mol. The summed E-state index contributed by atoms with van der Waals surface area (Å²) in [6.07, 6.45) is 0. The molecule has 0 radical (unpaired) electrons. The van der Waals surface area contributed by atoms with Gasteiger partial charge in [-0.3, -0.25) is 0 Å². The molecule has 0 aliphatic carbocycles. The zero-order valence-corrected chi connectivity index (χ0v) is 30.4. The van der Waals surface area contributed by atoms with Gasteiger partial charge in [0.2, 0.25) is 0 Å². The first-order valence-corrected chi connectivity index (χ1v) is 19.0. The molecule has 0 aliphatic rings. The zero-order valence-electron chi connectivity index (χ0n) is 30.4. The molecule has 6 nitrogen and oxygen atoms in total. The van der Waals surface area contributed by atoms with Gasteiger partial charge >= 0.3 is 0 Å². The zero-order chi connectivity index (χ0) is 37.5. The van der Waals surface area contributed by atoms with Crippen LogP contribution in [0.3, 0.4) is 0 Å². The van der Waals surface area contributed by atoms with E-state index in [1.165, 1.54) is 10.8 Å². The summed E-state index contributed by atoms with van der Waals surface area (Å²) in [5, 5.41) is 6.71. The molecular weight excluding hydrogens is 701 g/mol. The van der Waals surface area contributed by atoms with Crippen LogP contribution in [0.1, 0.15) is 0 Å². The Kier molecular flexibility index (Phi) is 6.83. The van der Waals surface area contributed by atoms with Crippen LogP contribution in [0.25, 0.3) is 117 Å². The fourth-order valence-electron chi connectivity index (χ4n) is 8.52. The van der Waals surface area contributed by atoms with Gasteiger partial charge in [-0.15, -0.1) is 0 Å². The lowest BCUT2D eigenvalue weighted by molar-refractivity contribution is 0.668. The van der Waals surface area contributed by atoms with Crippen LogP contribution in [0.4, 0.5) is 0 Å². The lowest BCUT2D eigenvalue weighted by atomic mass is 9.97. The van der Waals surface area contributed by atoms with Gasteiger partial charge in [0.05, 0.1) is 11.0 Å². The smallest absolute Gasteiger partial charge is 0.164 e. The molecule has 8 aromatic carbocycles. The molecule has 266 valence electrons. The largest absolute Gasteiger partial charge is 0.456 e. The van der Waals surface area contributed by atoms with Gasteiger partial charge < -0.3 is 13.4 Å². The van der Waals surface area contributed by atoms with Crippen molar-refractivity contribution in [2.75, 3.05) is 0 Å². The molecule has 0 unspecified atom stereocenters. The van der Waals surface area contributed by atoms with Crippen molar-refractivity contribution in [2.45, 2.75) is 0 Å². The van der Waals surface area contributed by atoms with Crippen LogP contribution < -0.4 is 0 Å². The van der Waals surface area contributed by atoms with E-state index in [1.807, 2.05) is 60.7 Å². The fourth-order valence-corrected chi connectivity index (χ4v) is 8.52. The van der Waals surface area contributed by atoms with Gasteiger partial charge in [0.1, 0.15) is 22.3 Å². The summed E-state index contributed by atoms with van der Waals surface area (Å²) in [5.41, 5.74) is 11.4. The maximum absolute atomic E-state index is 6.50. The molecule has 0 aliphatic heterocycles. The third kappa shape index (κ3) is 4.94. The summed E-state index contributed by atoms with van der Waals surface area (Å²) in [4.78, 5) is 15.5. The predicted octanol–water partition coefficient (Wildman–Crippen LogP) is 13.4. The second-order valence-corrected chi connectivity index (χ2v) is 14.4. The minimum Gasteiger partial charge on any atom is -0.456 e. The first-order valence-electron chi connectivity index (χ1n) is 19.0. The van der Waals surface area contributed by atoms with Crippen molar-refractivity contribution in [1.82, 2.24) is 19.5 Å². The van der Waals surface area contributed by atoms with E-state index >= 15 is 0 Å². The molecule has 0 saturated heterocycles. The number of para-hydroxylation sites is 3. The van der Waals surface area contributed by atoms with E-state index in [4.69, 9.17) is 23.8 Å². The standard InChI is InChI=1S/C51H30N4O2/c1-3-14-31(15-4-1)39-29-34(30-45-46(39)37-21-8-11-24-42(37)57-45)51-53-49(32-16-5-2-6-17-32)52-50(54-51)33-18-13-19-35(28-33)55-40-23-10-7-20-36(40)47-41(55)26-27-44-48(47)38-22-9-12-25-43(38)56-44/h1-30H. The van der Waals surface area contributed by atoms with Crippen molar-refractivity contribution in [3.8, 4) is 51.0 Å². The van der Waals surface area contributed by atoms with E-state index in [2.05, 4.69) is 126 Å². The van der Waals surface area contributed by atoms with Gasteiger partial charge in [0.25, 0.3) is 0 Å². The quantitative estimate of drug-likeness (QED) is 0.176. The molecule has 12 aromatic rings. The van der Waals surface area contributed by atoms with Crippen LogP contribution in [0.15, 0.2) is 191 Å². The SMILES string of the molecule is c1ccc(-c2nc(-c3cccc(-n4c5ccccc5c5c6c(ccc54)oc4ccccc46)c3)nc(-c3cc(-c4ccccc4)c4c(c3)oc3ccccc34)n2)cc1. The Morgan fingerprint density at radius 2 is 0.912 bits per heavy atom. The van der Waals surface area contributed by atoms with E-state index in [-0.39, 0.29) is 0 Å². The molecule has 4 aromatic heterocycles. The molecule has 6 heteroatoms. The van der Waals surface area contributed by atoms with Gasteiger partial charge in [0, 0.05) is 54.7 Å². The van der Waals surface area contributed by atoms with Crippen LogP contribution in [-0.4, -0.2) is 19.5 Å². The molecule has 0 bridgehead atoms. The number of aromatic nitrogens is 4. The Morgan fingerprint density at radius 1 is 0.333 bits per heavy atom. The van der Waals surface area contributed by atoms with E-state index in [0.717, 1.165) is 88.4 Å². The van der Waals surface area contributed by atoms with E-state index in [1.54, 1.807) is 0 Å². The maximum atomic E-state index is 6.50. The highest BCUT2D eigenvalue weighted by Gasteiger charge is 2.21. The lowest BCUT2D eigenvalue weighted by Crippen LogP contribution is -2.01. The van der Waals surface area contributed by atoms with E-state index in [0.29, 0.717) is 17.5 Å². The van der Waals surface area contributed by atoms with Gasteiger partial charge in [-0.25, -0.2) is 15.0 Å². The molecule has 0 fully saturated rings. The number of hydrogen-bond acceptors (Lipinski definition) is 5. The molecule has 57 heavy (non-hydrogen) atoms. The third-order valence-corrected chi connectivity index (χ3v) is 11.0. The summed E-state index contributed by atoms with van der Waals surface area (Å²) < 4.78 is 15.2. The molecule has 0 saturated carbocycles. The number of benzene rings is 8. The Bertz CT molecular complexity index is 3530. The number of fused-ring (bicyclic) bond motifs is 10. The highest BCUT2D eigenvalue weighted by Crippen LogP contribution is 2.42. The lowest BCUT2D eigenvalue weighted by Gasteiger charge is -2.12. The second-order valence-electron chi connectivity index (χ2n) is 14.4. The Hall–Kier alpha value is -7.83. The highest BCUT2D eigenvalue weighted by atomic mass is 16.3. The van der Waals surface area contributed by atoms with Gasteiger partial charge in [0.15, 0.2) is 17.5 Å². The maximum Gasteiger partial charge on any atom is 0.164 e. The third-order valence-electron chi connectivity index (χ3n) is 11.0. The number of rotatable bonds is 5. The first-order chi connectivity index (χ1) is 28.2. The summed E-state index contributed by atoms with van der Waals surface area (Å²) in [5.74, 6) is 1.74. The highest BCUT2D eigenvalue weighted by molar-refractivity contribution is 6.27. The van der Waals surface area contributed by atoms with Crippen LogP contribution in [-0.2, 0) is 0 Å². The van der Waals surface area contributed by atoms with E-state index in [9.17, 15) is 0 Å². The molecule has 0 spiro atoms. The van der Waals surface area contributed by atoms with Crippen molar-refractivity contribution in [3.63, 3.8) is 0 Å². The van der Waals surface area contributed by atoms with E-state index < -0.39 is 0 Å². The topological polar surface area (TPSA) is 69.9 Å². The molecule has 0 amide bonds. The van der Waals surface area contributed by atoms with Gasteiger partial charge in [-0.2, -0.15) is 0 Å². The van der Waals surface area contributed by atoms with Crippen molar-refractivity contribution in [3.05, 3.63) is 182 Å². The molecular formula is C51H30N4O2. The molecule has 4 heterocycles. The average molecular weight is 731 g/mol.